The number of aromatic nitrogens is 4. The number of pyridine rings is 1. The van der Waals surface area contributed by atoms with Crippen molar-refractivity contribution in [1.29, 1.82) is 0 Å². The first kappa shape index (κ1) is 35.5. The number of aromatic hydroxyl groups is 1. The number of fused-ring (bicyclic) bond motifs is 4. The molecule has 0 amide bonds. The molecule has 5 nitrogen and oxygen atoms in total. The molecule has 0 unspecified atom stereocenters. The van der Waals surface area contributed by atoms with Gasteiger partial charge in [0, 0.05) is 51.3 Å². The van der Waals surface area contributed by atoms with Crippen molar-refractivity contribution in [3.8, 4) is 67.5 Å². The number of hydrogen-bond donors (Lipinski definition) is 1. The quantitative estimate of drug-likeness (QED) is 0.176. The average Bonchev–Trinajstić information content (AvgIpc) is 3.78. The third-order valence-electron chi connectivity index (χ3n) is 11.3. The summed E-state index contributed by atoms with van der Waals surface area (Å²) in [4.78, 5) is 11.7. The molecule has 0 saturated carbocycles. The van der Waals surface area contributed by atoms with Crippen molar-refractivity contribution in [3.63, 3.8) is 0 Å². The topological polar surface area (TPSA) is 55.9 Å². The Labute approximate surface area is 339 Å². The Morgan fingerprint density at radius 2 is 1.09 bits per heavy atom. The molecular formula is C52H42N4OS. The van der Waals surface area contributed by atoms with Gasteiger partial charge in [0.2, 0.25) is 0 Å². The van der Waals surface area contributed by atoms with Crippen molar-refractivity contribution in [2.45, 2.75) is 4.90 Å². The fourth-order valence-corrected chi connectivity index (χ4v) is 9.13. The van der Waals surface area contributed by atoms with E-state index in [4.69, 9.17) is 9.97 Å². The Bertz CT molecular complexity index is 3100. The van der Waals surface area contributed by atoms with Crippen LogP contribution in [0.15, 0.2) is 181 Å². The van der Waals surface area contributed by atoms with Crippen molar-refractivity contribution in [2.24, 2.45) is 7.05 Å². The van der Waals surface area contributed by atoms with Crippen LogP contribution < -0.4 is 0 Å². The average molecular weight is 771 g/mol. The second kappa shape index (κ2) is 13.9. The molecule has 58 heavy (non-hydrogen) atoms. The van der Waals surface area contributed by atoms with Gasteiger partial charge in [-0.1, -0.05) is 109 Å². The number of imidazole rings is 1. The van der Waals surface area contributed by atoms with Crippen LogP contribution in [0.3, 0.4) is 0 Å². The Balaban J connectivity index is 1.19. The molecule has 10 rings (SSSR count). The molecule has 0 aliphatic rings. The Kier molecular flexibility index (Phi) is 8.54. The highest BCUT2D eigenvalue weighted by molar-refractivity contribution is 8.32. The van der Waals surface area contributed by atoms with E-state index in [0.29, 0.717) is 11.4 Å². The molecule has 7 aromatic carbocycles. The predicted molar refractivity (Wildman–Crippen MR) is 245 cm³/mol. The van der Waals surface area contributed by atoms with Crippen molar-refractivity contribution < 1.29 is 5.11 Å². The van der Waals surface area contributed by atoms with Gasteiger partial charge in [0.15, 0.2) is 0 Å². The van der Waals surface area contributed by atoms with Crippen LogP contribution in [0.5, 0.6) is 5.75 Å². The Hall–Kier alpha value is -6.89. The third-order valence-corrected chi connectivity index (χ3v) is 12.9. The summed E-state index contributed by atoms with van der Waals surface area (Å²) >= 11 is 0. The number of aryl methyl sites for hydroxylation is 1. The van der Waals surface area contributed by atoms with E-state index < -0.39 is 10.0 Å². The zero-order valence-electron chi connectivity index (χ0n) is 32.9. The summed E-state index contributed by atoms with van der Waals surface area (Å²) in [7, 11) is 1.14. The van der Waals surface area contributed by atoms with E-state index in [2.05, 4.69) is 161 Å². The molecule has 0 radical (unpaired) electrons. The lowest BCUT2D eigenvalue weighted by atomic mass is 9.94. The number of phenolic OH excluding ortho intramolecular Hbond substituents is 1. The van der Waals surface area contributed by atoms with E-state index in [1.807, 2.05) is 49.6 Å². The van der Waals surface area contributed by atoms with Crippen molar-refractivity contribution in [3.05, 3.63) is 176 Å². The lowest BCUT2D eigenvalue weighted by molar-refractivity contribution is 0.478. The van der Waals surface area contributed by atoms with Crippen LogP contribution in [0.1, 0.15) is 0 Å². The molecule has 0 aliphatic heterocycles. The minimum Gasteiger partial charge on any atom is -0.507 e. The van der Waals surface area contributed by atoms with Crippen LogP contribution >= 0.6 is 10.0 Å². The van der Waals surface area contributed by atoms with E-state index >= 15 is 0 Å². The van der Waals surface area contributed by atoms with E-state index in [-0.39, 0.29) is 5.75 Å². The fourth-order valence-electron chi connectivity index (χ4n) is 8.29. The highest BCUT2D eigenvalue weighted by atomic mass is 32.3. The molecule has 6 heteroatoms. The van der Waals surface area contributed by atoms with Gasteiger partial charge in [0.25, 0.3) is 0 Å². The molecule has 0 bridgehead atoms. The van der Waals surface area contributed by atoms with Crippen molar-refractivity contribution >= 4 is 42.9 Å². The molecule has 3 aromatic heterocycles. The number of benzene rings is 7. The van der Waals surface area contributed by atoms with Gasteiger partial charge in [-0.05, 0) is 102 Å². The molecule has 0 atom stereocenters. The summed E-state index contributed by atoms with van der Waals surface area (Å²) in [6.07, 6.45) is 8.92. The summed E-state index contributed by atoms with van der Waals surface area (Å²) in [5.74, 6) is 0.872. The number of para-hydroxylation sites is 3. The Morgan fingerprint density at radius 1 is 0.500 bits per heavy atom. The van der Waals surface area contributed by atoms with E-state index in [1.54, 1.807) is 0 Å². The van der Waals surface area contributed by atoms with Crippen LogP contribution in [0.25, 0.3) is 94.6 Å². The van der Waals surface area contributed by atoms with Gasteiger partial charge < -0.3 is 14.2 Å². The van der Waals surface area contributed by atoms with Gasteiger partial charge in [-0.3, -0.25) is 4.98 Å². The molecule has 3 heterocycles. The van der Waals surface area contributed by atoms with Gasteiger partial charge in [-0.2, -0.15) is 0 Å². The number of nitrogens with zero attached hydrogens (tertiary/aromatic N) is 4. The van der Waals surface area contributed by atoms with E-state index in [9.17, 15) is 5.11 Å². The first-order valence-electron chi connectivity index (χ1n) is 19.5. The van der Waals surface area contributed by atoms with E-state index in [0.717, 1.165) is 72.4 Å². The number of phenols is 1. The van der Waals surface area contributed by atoms with Gasteiger partial charge in [0.1, 0.15) is 11.6 Å². The van der Waals surface area contributed by atoms with Crippen LogP contribution in [-0.2, 0) is 7.05 Å². The summed E-state index contributed by atoms with van der Waals surface area (Å²) in [6.45, 7) is 0. The number of rotatable bonds is 7. The maximum Gasteiger partial charge on any atom is 0.144 e. The molecule has 1 N–H and O–H groups in total. The molecule has 0 saturated heterocycles. The van der Waals surface area contributed by atoms with E-state index in [1.165, 1.54) is 15.7 Å². The smallest absolute Gasteiger partial charge is 0.144 e. The zero-order valence-corrected chi connectivity index (χ0v) is 33.7. The highest BCUT2D eigenvalue weighted by Crippen LogP contribution is 2.46. The highest BCUT2D eigenvalue weighted by Gasteiger charge is 2.23. The minimum atomic E-state index is -0.902. The van der Waals surface area contributed by atoms with Crippen LogP contribution in [0.4, 0.5) is 0 Å². The van der Waals surface area contributed by atoms with Gasteiger partial charge in [-0.25, -0.2) is 15.0 Å². The maximum atomic E-state index is 12.3. The fraction of sp³-hybridized carbons (Fsp3) is 0.0769. The monoisotopic (exact) mass is 770 g/mol. The molecular weight excluding hydrogens is 729 g/mol. The first-order valence-corrected chi connectivity index (χ1v) is 22.3. The lowest BCUT2D eigenvalue weighted by Gasteiger charge is -2.25. The first-order chi connectivity index (χ1) is 28.2. The SMILES string of the molecule is Cn1c(-c2cc(-n3c4ccccc4c4ccccc43)cc(-c3ccccc3)c2O)nc2c(-c3cc(-c4ccccc4)cc(-c4ccc(S(C)(C)C)cn4)c3)cccc21. The van der Waals surface area contributed by atoms with Crippen molar-refractivity contribution in [2.75, 3.05) is 18.8 Å². The van der Waals surface area contributed by atoms with Gasteiger partial charge >= 0.3 is 0 Å². The summed E-state index contributed by atoms with van der Waals surface area (Å²) < 4.78 is 4.41. The Morgan fingerprint density at radius 3 is 1.74 bits per heavy atom. The zero-order chi connectivity index (χ0) is 39.5. The summed E-state index contributed by atoms with van der Waals surface area (Å²) in [5, 5.41) is 14.7. The standard InChI is InChI=1S/C52H42N4OS/c1-55-49-25-15-22-41(37-28-36(34-16-7-5-8-17-34)29-38(30-37)46-27-26-40(33-53-46)58(2,3)4)50(49)54-52(55)45-32-39(31-44(51(45)57)35-18-9-6-10-19-35)56-47-23-13-11-20-42(47)43-21-12-14-24-48(43)56/h5-33,57H,1-4H3. The normalized spacial score (nSPS) is 12.1. The number of hydrogen-bond acceptors (Lipinski definition) is 3. The minimum absolute atomic E-state index is 0.190. The second-order valence-electron chi connectivity index (χ2n) is 15.7. The van der Waals surface area contributed by atoms with Gasteiger partial charge in [-0.15, -0.1) is 0 Å². The molecule has 282 valence electrons. The molecule has 0 fully saturated rings. The second-order valence-corrected chi connectivity index (χ2v) is 19.8. The third kappa shape index (κ3) is 6.05. The lowest BCUT2D eigenvalue weighted by Crippen LogP contribution is -1.99. The summed E-state index contributed by atoms with van der Waals surface area (Å²) in [5.41, 5.74) is 13.6. The molecule has 0 spiro atoms. The molecule has 10 aromatic rings. The van der Waals surface area contributed by atoms with Crippen LogP contribution in [0.2, 0.25) is 0 Å². The largest absolute Gasteiger partial charge is 0.507 e. The summed E-state index contributed by atoms with van der Waals surface area (Å²) in [6, 6.07) is 59.3. The van der Waals surface area contributed by atoms with Crippen LogP contribution in [0, 0.1) is 0 Å². The maximum absolute atomic E-state index is 12.3. The molecule has 0 aliphatic carbocycles. The van der Waals surface area contributed by atoms with Crippen LogP contribution in [-0.4, -0.2) is 43.0 Å². The van der Waals surface area contributed by atoms with Gasteiger partial charge in [0.05, 0.1) is 33.3 Å². The predicted octanol–water partition coefficient (Wildman–Crippen LogP) is 13.2. The van der Waals surface area contributed by atoms with Crippen molar-refractivity contribution in [1.82, 2.24) is 19.1 Å².